The van der Waals surface area contributed by atoms with Gasteiger partial charge in [-0.2, -0.15) is 0 Å². The third kappa shape index (κ3) is 5.30. The van der Waals surface area contributed by atoms with Gasteiger partial charge in [-0.15, -0.1) is 0 Å². The van der Waals surface area contributed by atoms with E-state index >= 15 is 0 Å². The fourth-order valence-corrected chi connectivity index (χ4v) is 1.95. The zero-order valence-corrected chi connectivity index (χ0v) is 12.3. The van der Waals surface area contributed by atoms with Crippen molar-refractivity contribution in [1.29, 1.82) is 0 Å². The van der Waals surface area contributed by atoms with Crippen molar-refractivity contribution < 1.29 is 9.59 Å². The molecule has 0 aliphatic heterocycles. The Bertz CT molecular complexity index is 460. The third-order valence-corrected chi connectivity index (χ3v) is 2.99. The number of anilines is 1. The second-order valence-corrected chi connectivity index (χ2v) is 4.80. The number of carbonyl (C=O) groups excluding carboxylic acids is 2. The summed E-state index contributed by atoms with van der Waals surface area (Å²) in [5.41, 5.74) is 1.46. The van der Waals surface area contributed by atoms with Crippen LogP contribution in [0.3, 0.4) is 0 Å². The molecule has 1 rings (SSSR count). The third-order valence-electron chi connectivity index (χ3n) is 2.99. The van der Waals surface area contributed by atoms with Crippen LogP contribution in [0.5, 0.6) is 0 Å². The first kappa shape index (κ1) is 16.0. The Kier molecular flexibility index (Phi) is 6.56. The fraction of sp³-hybridized carbons (Fsp3) is 0.467. The zero-order valence-electron chi connectivity index (χ0n) is 12.3. The van der Waals surface area contributed by atoms with Crippen molar-refractivity contribution in [3.05, 3.63) is 29.8 Å². The largest absolute Gasteiger partial charge is 0.359 e. The lowest BCUT2D eigenvalue weighted by Crippen LogP contribution is -2.36. The highest BCUT2D eigenvalue weighted by molar-refractivity contribution is 5.91. The molecule has 3 amide bonds. The number of carbonyl (C=O) groups is 2. The van der Waals surface area contributed by atoms with Gasteiger partial charge in [0, 0.05) is 18.8 Å². The van der Waals surface area contributed by atoms with Crippen LogP contribution in [0, 0.1) is 0 Å². The minimum atomic E-state index is -0.240. The first-order valence-corrected chi connectivity index (χ1v) is 6.92. The van der Waals surface area contributed by atoms with Crippen LogP contribution >= 0.6 is 0 Å². The van der Waals surface area contributed by atoms with E-state index in [1.165, 1.54) is 0 Å². The van der Waals surface area contributed by atoms with Gasteiger partial charge in [-0.1, -0.05) is 31.5 Å². The fourth-order valence-electron chi connectivity index (χ4n) is 1.95. The topological polar surface area (TPSA) is 70.2 Å². The Morgan fingerprint density at radius 2 is 1.95 bits per heavy atom. The number of para-hydroxylation sites is 1. The molecule has 1 atom stereocenters. The summed E-state index contributed by atoms with van der Waals surface area (Å²) in [6.45, 7) is 4.05. The summed E-state index contributed by atoms with van der Waals surface area (Å²) in [5, 5.41) is 8.25. The number of rotatable bonds is 6. The van der Waals surface area contributed by atoms with Crippen LogP contribution < -0.4 is 16.0 Å². The molecule has 0 aliphatic carbocycles. The van der Waals surface area contributed by atoms with Crippen molar-refractivity contribution in [3.63, 3.8) is 0 Å². The molecule has 0 aromatic heterocycles. The summed E-state index contributed by atoms with van der Waals surface area (Å²) >= 11 is 0. The average Bonchev–Trinajstić information content (AvgIpc) is 2.40. The Morgan fingerprint density at radius 1 is 1.25 bits per heavy atom. The van der Waals surface area contributed by atoms with E-state index in [-0.39, 0.29) is 24.4 Å². The van der Waals surface area contributed by atoms with E-state index < -0.39 is 0 Å². The van der Waals surface area contributed by atoms with Gasteiger partial charge in [-0.25, -0.2) is 4.79 Å². The van der Waals surface area contributed by atoms with Gasteiger partial charge < -0.3 is 16.0 Å². The molecule has 0 fully saturated rings. The lowest BCUT2D eigenvalue weighted by molar-refractivity contribution is -0.119. The molecule has 0 radical (unpaired) electrons. The molecule has 5 heteroatoms. The molecule has 0 bridgehead atoms. The van der Waals surface area contributed by atoms with Gasteiger partial charge in [0.2, 0.25) is 5.91 Å². The lowest BCUT2D eigenvalue weighted by atomic mass is 10.1. The smallest absolute Gasteiger partial charge is 0.319 e. The maximum atomic E-state index is 11.9. The molecule has 0 saturated heterocycles. The normalized spacial score (nSPS) is 11.6. The number of amides is 3. The summed E-state index contributed by atoms with van der Waals surface area (Å²) in [4.78, 5) is 23.3. The van der Waals surface area contributed by atoms with Crippen LogP contribution in [-0.2, 0) is 11.2 Å². The van der Waals surface area contributed by atoms with E-state index in [4.69, 9.17) is 0 Å². The number of likely N-dealkylation sites (N-methyl/N-ethyl adjacent to an activating group) is 1. The molecule has 5 nitrogen and oxygen atoms in total. The molecule has 1 aromatic rings. The second-order valence-electron chi connectivity index (χ2n) is 4.80. The van der Waals surface area contributed by atoms with E-state index in [1.807, 2.05) is 25.1 Å². The number of urea groups is 1. The minimum Gasteiger partial charge on any atom is -0.359 e. The molecule has 1 aromatic carbocycles. The van der Waals surface area contributed by atoms with Crippen molar-refractivity contribution in [2.75, 3.05) is 12.4 Å². The summed E-state index contributed by atoms with van der Waals surface area (Å²) in [6.07, 6.45) is 2.21. The van der Waals surface area contributed by atoms with E-state index in [2.05, 4.69) is 22.9 Å². The van der Waals surface area contributed by atoms with Crippen molar-refractivity contribution in [3.8, 4) is 0 Å². The van der Waals surface area contributed by atoms with Gasteiger partial charge in [-0.05, 0) is 25.0 Å². The first-order valence-electron chi connectivity index (χ1n) is 6.92. The second kappa shape index (κ2) is 8.19. The molecule has 20 heavy (non-hydrogen) atoms. The summed E-state index contributed by atoms with van der Waals surface area (Å²) in [6, 6.07) is 7.20. The van der Waals surface area contributed by atoms with Gasteiger partial charge in [0.15, 0.2) is 0 Å². The number of nitrogens with one attached hydrogen (secondary N) is 3. The molecule has 0 spiro atoms. The molecule has 0 saturated carbocycles. The van der Waals surface area contributed by atoms with E-state index in [0.29, 0.717) is 5.69 Å². The maximum Gasteiger partial charge on any atom is 0.319 e. The summed E-state index contributed by atoms with van der Waals surface area (Å²) in [7, 11) is 1.59. The molecular formula is C15H23N3O2. The monoisotopic (exact) mass is 277 g/mol. The van der Waals surface area contributed by atoms with Crippen LogP contribution in [-0.4, -0.2) is 25.0 Å². The Balaban J connectivity index is 2.67. The van der Waals surface area contributed by atoms with Gasteiger partial charge in [-0.3, -0.25) is 4.79 Å². The highest BCUT2D eigenvalue weighted by Crippen LogP contribution is 2.15. The van der Waals surface area contributed by atoms with Crippen molar-refractivity contribution in [1.82, 2.24) is 10.6 Å². The number of hydrogen-bond acceptors (Lipinski definition) is 2. The van der Waals surface area contributed by atoms with Crippen molar-refractivity contribution in [2.45, 2.75) is 39.2 Å². The van der Waals surface area contributed by atoms with E-state index in [0.717, 1.165) is 18.4 Å². The molecule has 1 unspecified atom stereocenters. The van der Waals surface area contributed by atoms with Crippen molar-refractivity contribution >= 4 is 17.6 Å². The Hall–Kier alpha value is -2.04. The van der Waals surface area contributed by atoms with Gasteiger partial charge in [0.1, 0.15) is 0 Å². The van der Waals surface area contributed by atoms with Crippen LogP contribution in [0.1, 0.15) is 32.3 Å². The predicted molar refractivity (Wildman–Crippen MR) is 80.7 cm³/mol. The summed E-state index contributed by atoms with van der Waals surface area (Å²) < 4.78 is 0. The molecular weight excluding hydrogens is 254 g/mol. The molecule has 3 N–H and O–H groups in total. The van der Waals surface area contributed by atoms with Crippen LogP contribution in [0.15, 0.2) is 24.3 Å². The van der Waals surface area contributed by atoms with Gasteiger partial charge in [0.05, 0.1) is 6.42 Å². The Morgan fingerprint density at radius 3 is 2.60 bits per heavy atom. The lowest BCUT2D eigenvalue weighted by Gasteiger charge is -2.15. The SMILES string of the molecule is CCCC(C)NC(=O)Nc1ccccc1CC(=O)NC. The first-order chi connectivity index (χ1) is 9.56. The van der Waals surface area contributed by atoms with Gasteiger partial charge >= 0.3 is 6.03 Å². The molecule has 0 heterocycles. The van der Waals surface area contributed by atoms with E-state index in [9.17, 15) is 9.59 Å². The van der Waals surface area contributed by atoms with Crippen molar-refractivity contribution in [2.24, 2.45) is 0 Å². The number of benzene rings is 1. The highest BCUT2D eigenvalue weighted by Gasteiger charge is 2.10. The van der Waals surface area contributed by atoms with Crippen LogP contribution in [0.2, 0.25) is 0 Å². The average molecular weight is 277 g/mol. The van der Waals surface area contributed by atoms with E-state index in [1.54, 1.807) is 13.1 Å². The van der Waals surface area contributed by atoms with Crippen LogP contribution in [0.4, 0.5) is 10.5 Å². The number of hydrogen-bond donors (Lipinski definition) is 3. The van der Waals surface area contributed by atoms with Crippen LogP contribution in [0.25, 0.3) is 0 Å². The summed E-state index contributed by atoms with van der Waals surface area (Å²) in [5.74, 6) is -0.0843. The predicted octanol–water partition coefficient (Wildman–Crippen LogP) is 2.29. The zero-order chi connectivity index (χ0) is 15.0. The highest BCUT2D eigenvalue weighted by atomic mass is 16.2. The standard InChI is InChI=1S/C15H23N3O2/c1-4-7-11(2)17-15(20)18-13-9-6-5-8-12(13)10-14(19)16-3/h5-6,8-9,11H,4,7,10H2,1-3H3,(H,16,19)(H2,17,18,20). The molecule has 0 aliphatic rings. The van der Waals surface area contributed by atoms with Gasteiger partial charge in [0.25, 0.3) is 0 Å². The molecule has 110 valence electrons. The minimum absolute atomic E-state index is 0.0843. The Labute approximate surface area is 120 Å². The quantitative estimate of drug-likeness (QED) is 0.746. The maximum absolute atomic E-state index is 11.9.